The minimum absolute atomic E-state index is 0.0544. The first kappa shape index (κ1) is 16.8. The third-order valence-corrected chi connectivity index (χ3v) is 3.90. The van der Waals surface area contributed by atoms with Crippen molar-refractivity contribution in [3.05, 3.63) is 65.5 Å². The summed E-state index contributed by atoms with van der Waals surface area (Å²) in [6.45, 7) is 2.45. The number of nitrogens with zero attached hydrogens (tertiary/aromatic N) is 3. The maximum atomic E-state index is 13.2. The molecule has 0 fully saturated rings. The maximum Gasteiger partial charge on any atom is 0.416 e. The van der Waals surface area contributed by atoms with Crippen LogP contribution in [0.1, 0.15) is 23.9 Å². The second-order valence-electron chi connectivity index (χ2n) is 5.42. The van der Waals surface area contributed by atoms with Gasteiger partial charge in [0.1, 0.15) is 6.07 Å². The predicted molar refractivity (Wildman–Crippen MR) is 90.3 cm³/mol. The average Bonchev–Trinajstić information content (AvgIpc) is 2.97. The number of halogens is 3. The highest BCUT2D eigenvalue weighted by Crippen LogP contribution is 2.33. The number of allylic oxidation sites excluding steroid dienone is 1. The molecule has 3 aromatic rings. The van der Waals surface area contributed by atoms with E-state index in [-0.39, 0.29) is 11.1 Å². The maximum absolute atomic E-state index is 13.2. The van der Waals surface area contributed by atoms with Gasteiger partial charge in [-0.1, -0.05) is 30.3 Å². The molecule has 0 aliphatic carbocycles. The lowest BCUT2D eigenvalue weighted by atomic mass is 10.0. The summed E-state index contributed by atoms with van der Waals surface area (Å²) in [6, 6.07) is 14.5. The summed E-state index contributed by atoms with van der Waals surface area (Å²) in [5.41, 5.74) is 0.799. The van der Waals surface area contributed by atoms with Crippen LogP contribution in [0.25, 0.3) is 22.7 Å². The number of rotatable bonds is 3. The van der Waals surface area contributed by atoms with E-state index in [2.05, 4.69) is 4.98 Å². The number of para-hydroxylation sites is 2. The lowest BCUT2D eigenvalue weighted by Gasteiger charge is -2.10. The molecule has 0 aliphatic rings. The highest BCUT2D eigenvalue weighted by Gasteiger charge is 2.32. The number of benzene rings is 2. The second-order valence-corrected chi connectivity index (χ2v) is 5.42. The van der Waals surface area contributed by atoms with Crippen LogP contribution in [0.4, 0.5) is 13.2 Å². The monoisotopic (exact) mass is 341 g/mol. The fourth-order valence-corrected chi connectivity index (χ4v) is 2.78. The fraction of sp³-hybridized carbons (Fsp3) is 0.158. The molecule has 0 atom stereocenters. The first-order valence-corrected chi connectivity index (χ1v) is 7.69. The summed E-state index contributed by atoms with van der Waals surface area (Å²) < 4.78 is 41.4. The predicted octanol–water partition coefficient (Wildman–Crippen LogP) is 5.14. The summed E-state index contributed by atoms with van der Waals surface area (Å²) in [6.07, 6.45) is -3.24. The number of aryl methyl sites for hydroxylation is 1. The number of nitriles is 1. The van der Waals surface area contributed by atoms with E-state index in [1.54, 1.807) is 0 Å². The number of aromatic nitrogens is 2. The fourth-order valence-electron chi connectivity index (χ4n) is 2.78. The lowest BCUT2D eigenvalue weighted by Crippen LogP contribution is -2.07. The van der Waals surface area contributed by atoms with E-state index in [0.717, 1.165) is 11.6 Å². The van der Waals surface area contributed by atoms with E-state index in [9.17, 15) is 18.4 Å². The molecular formula is C19H14F3N3. The Kier molecular flexibility index (Phi) is 4.32. The number of hydrogen-bond donors (Lipinski definition) is 0. The van der Waals surface area contributed by atoms with Crippen LogP contribution in [-0.2, 0) is 12.7 Å². The van der Waals surface area contributed by atoms with Gasteiger partial charge in [-0.2, -0.15) is 18.4 Å². The highest BCUT2D eigenvalue weighted by molar-refractivity contribution is 5.91. The van der Waals surface area contributed by atoms with Gasteiger partial charge in [0.2, 0.25) is 0 Å². The van der Waals surface area contributed by atoms with Crippen molar-refractivity contribution >= 4 is 22.7 Å². The van der Waals surface area contributed by atoms with Crippen molar-refractivity contribution in [2.45, 2.75) is 19.6 Å². The van der Waals surface area contributed by atoms with E-state index in [1.165, 1.54) is 24.3 Å². The molecule has 126 valence electrons. The van der Waals surface area contributed by atoms with Gasteiger partial charge in [-0.25, -0.2) is 4.98 Å². The average molecular weight is 341 g/mol. The molecule has 0 saturated heterocycles. The first-order chi connectivity index (χ1) is 12.0. The minimum Gasteiger partial charge on any atom is -0.324 e. The van der Waals surface area contributed by atoms with Crippen molar-refractivity contribution in [1.82, 2.24) is 9.55 Å². The summed E-state index contributed by atoms with van der Waals surface area (Å²) in [5, 5.41) is 9.53. The molecule has 0 amide bonds. The van der Waals surface area contributed by atoms with E-state index < -0.39 is 11.7 Å². The highest BCUT2D eigenvalue weighted by atomic mass is 19.4. The molecule has 1 heterocycles. The quantitative estimate of drug-likeness (QED) is 0.619. The van der Waals surface area contributed by atoms with E-state index in [1.807, 2.05) is 41.8 Å². The zero-order valence-corrected chi connectivity index (χ0v) is 13.4. The van der Waals surface area contributed by atoms with Gasteiger partial charge in [0.15, 0.2) is 5.82 Å². The Morgan fingerprint density at radius 1 is 1.16 bits per heavy atom. The molecule has 0 unspecified atom stereocenters. The summed E-state index contributed by atoms with van der Waals surface area (Å²) in [4.78, 5) is 4.43. The largest absolute Gasteiger partial charge is 0.416 e. The van der Waals surface area contributed by atoms with Crippen LogP contribution in [0.2, 0.25) is 0 Å². The van der Waals surface area contributed by atoms with Crippen molar-refractivity contribution in [1.29, 1.82) is 5.26 Å². The number of imidazole rings is 1. The lowest BCUT2D eigenvalue weighted by molar-refractivity contribution is -0.137. The molecule has 3 nitrogen and oxygen atoms in total. The van der Waals surface area contributed by atoms with Crippen LogP contribution < -0.4 is 0 Å². The van der Waals surface area contributed by atoms with E-state index >= 15 is 0 Å². The molecule has 0 radical (unpaired) electrons. The first-order valence-electron chi connectivity index (χ1n) is 7.69. The number of alkyl halides is 3. The third kappa shape index (κ3) is 3.13. The van der Waals surface area contributed by atoms with Crippen LogP contribution in [-0.4, -0.2) is 9.55 Å². The van der Waals surface area contributed by atoms with Crippen molar-refractivity contribution in [2.24, 2.45) is 0 Å². The molecule has 0 aliphatic heterocycles. The van der Waals surface area contributed by atoms with Gasteiger partial charge in [-0.3, -0.25) is 0 Å². The molecular weight excluding hydrogens is 327 g/mol. The van der Waals surface area contributed by atoms with Crippen molar-refractivity contribution in [3.8, 4) is 6.07 Å². The molecule has 0 bridgehead atoms. The number of fused-ring (bicyclic) bond motifs is 1. The van der Waals surface area contributed by atoms with Crippen LogP contribution in [0, 0.1) is 11.3 Å². The van der Waals surface area contributed by atoms with E-state index in [4.69, 9.17) is 0 Å². The van der Waals surface area contributed by atoms with Crippen molar-refractivity contribution in [3.63, 3.8) is 0 Å². The molecule has 25 heavy (non-hydrogen) atoms. The zero-order valence-electron chi connectivity index (χ0n) is 13.4. The third-order valence-electron chi connectivity index (χ3n) is 3.90. The molecule has 3 rings (SSSR count). The molecule has 0 saturated carbocycles. The summed E-state index contributed by atoms with van der Waals surface area (Å²) in [7, 11) is 0. The molecule has 6 heteroatoms. The Balaban J connectivity index is 2.20. The van der Waals surface area contributed by atoms with Crippen LogP contribution in [0.15, 0.2) is 48.5 Å². The van der Waals surface area contributed by atoms with Crippen molar-refractivity contribution in [2.75, 3.05) is 0 Å². The topological polar surface area (TPSA) is 41.6 Å². The van der Waals surface area contributed by atoms with Crippen LogP contribution >= 0.6 is 0 Å². The van der Waals surface area contributed by atoms with Crippen LogP contribution in [0.5, 0.6) is 0 Å². The van der Waals surface area contributed by atoms with Gasteiger partial charge >= 0.3 is 6.18 Å². The summed E-state index contributed by atoms with van der Waals surface area (Å²) >= 11 is 0. The zero-order chi connectivity index (χ0) is 18.0. The van der Waals surface area contributed by atoms with Gasteiger partial charge in [0.25, 0.3) is 0 Å². The Morgan fingerprint density at radius 2 is 1.84 bits per heavy atom. The van der Waals surface area contributed by atoms with Gasteiger partial charge in [-0.15, -0.1) is 0 Å². The standard InChI is InChI=1S/C19H14F3N3/c1-2-25-17-10-6-5-9-16(17)24-18(25)14(12-23)11-13-7-3-4-8-15(13)19(20,21)22/h3-11H,2H2,1H3/b14-11-. The summed E-state index contributed by atoms with van der Waals surface area (Å²) in [5.74, 6) is 0.364. The molecule has 1 aromatic heterocycles. The second kappa shape index (κ2) is 6.44. The van der Waals surface area contributed by atoms with Gasteiger partial charge in [0, 0.05) is 6.54 Å². The van der Waals surface area contributed by atoms with Crippen LogP contribution in [0.3, 0.4) is 0 Å². The smallest absolute Gasteiger partial charge is 0.324 e. The normalized spacial score (nSPS) is 12.4. The number of hydrogen-bond acceptors (Lipinski definition) is 2. The Morgan fingerprint density at radius 3 is 2.52 bits per heavy atom. The van der Waals surface area contributed by atoms with Gasteiger partial charge in [-0.05, 0) is 36.8 Å². The Hall–Kier alpha value is -3.07. The van der Waals surface area contributed by atoms with E-state index in [0.29, 0.717) is 17.9 Å². The molecule has 2 aromatic carbocycles. The Bertz CT molecular complexity index is 991. The molecule has 0 spiro atoms. The molecule has 0 N–H and O–H groups in total. The SMILES string of the molecule is CCn1c(/C(C#N)=C\c2ccccc2C(F)(F)F)nc2ccccc21. The van der Waals surface area contributed by atoms with Gasteiger partial charge < -0.3 is 4.57 Å². The van der Waals surface area contributed by atoms with Crippen molar-refractivity contribution < 1.29 is 13.2 Å². The van der Waals surface area contributed by atoms with Gasteiger partial charge in [0.05, 0.1) is 22.2 Å². The minimum atomic E-state index is -4.49. The Labute approximate surface area is 142 Å².